The molecule has 0 saturated carbocycles. The van der Waals surface area contributed by atoms with Gasteiger partial charge < -0.3 is 10.4 Å². The third-order valence-corrected chi connectivity index (χ3v) is 3.27. The molecule has 0 bridgehead atoms. The van der Waals surface area contributed by atoms with Crippen molar-refractivity contribution in [2.45, 2.75) is 12.3 Å². The summed E-state index contributed by atoms with van der Waals surface area (Å²) in [4.78, 5) is 11.4. The minimum atomic E-state index is -0.815. The minimum Gasteiger partial charge on any atom is -0.477 e. The van der Waals surface area contributed by atoms with Crippen molar-refractivity contribution in [3.8, 4) is 0 Å². The first-order valence-corrected chi connectivity index (χ1v) is 5.36. The summed E-state index contributed by atoms with van der Waals surface area (Å²) in [5.74, 6) is -0.512. The molecule has 0 aliphatic carbocycles. The van der Waals surface area contributed by atoms with Crippen molar-refractivity contribution in [1.82, 2.24) is 5.32 Å². The van der Waals surface area contributed by atoms with Gasteiger partial charge in [0.1, 0.15) is 4.88 Å². The summed E-state index contributed by atoms with van der Waals surface area (Å²) in [5.41, 5.74) is 0.958. The fraction of sp³-hybridized carbons (Fsp3) is 0.300. The predicted molar refractivity (Wildman–Crippen MR) is 55.8 cm³/mol. The van der Waals surface area contributed by atoms with Gasteiger partial charge in [0.05, 0.1) is 0 Å². The molecular formula is C10H11NO2S. The van der Waals surface area contributed by atoms with Crippen LogP contribution in [0.2, 0.25) is 0 Å². The summed E-state index contributed by atoms with van der Waals surface area (Å²) in [6.07, 6.45) is 4.88. The van der Waals surface area contributed by atoms with E-state index in [-0.39, 0.29) is 0 Å². The molecule has 0 fully saturated rings. The predicted octanol–water partition coefficient (Wildman–Crippen LogP) is 2.04. The molecule has 1 aliphatic heterocycles. The number of carbonyl (C=O) groups is 1. The van der Waals surface area contributed by atoms with Crippen LogP contribution in [0.5, 0.6) is 0 Å². The summed E-state index contributed by atoms with van der Waals surface area (Å²) in [6.45, 7) is 0.827. The van der Waals surface area contributed by atoms with E-state index in [0.717, 1.165) is 18.5 Å². The van der Waals surface area contributed by atoms with Crippen LogP contribution in [-0.2, 0) is 0 Å². The van der Waals surface area contributed by atoms with E-state index in [1.54, 1.807) is 0 Å². The summed E-state index contributed by atoms with van der Waals surface area (Å²) in [6, 6.07) is 1.92. The molecule has 0 amide bonds. The number of rotatable bonds is 2. The molecule has 74 valence electrons. The lowest BCUT2D eigenvalue weighted by Crippen LogP contribution is -2.20. The van der Waals surface area contributed by atoms with Crippen molar-refractivity contribution in [1.29, 1.82) is 0 Å². The molecule has 2 rings (SSSR count). The molecule has 1 aliphatic rings. The van der Waals surface area contributed by atoms with Crippen LogP contribution >= 0.6 is 11.3 Å². The highest BCUT2D eigenvalue weighted by molar-refractivity contribution is 7.12. The lowest BCUT2D eigenvalue weighted by atomic mass is 9.94. The number of carboxylic acid groups (broad SMARTS) is 1. The van der Waals surface area contributed by atoms with Crippen LogP contribution in [0.25, 0.3) is 0 Å². The number of allylic oxidation sites excluding steroid dienone is 1. The fourth-order valence-corrected chi connectivity index (χ4v) is 2.48. The molecule has 0 spiro atoms. The van der Waals surface area contributed by atoms with Gasteiger partial charge in [-0.1, -0.05) is 6.08 Å². The van der Waals surface area contributed by atoms with Crippen LogP contribution in [0.15, 0.2) is 23.7 Å². The molecule has 1 aromatic rings. The smallest absolute Gasteiger partial charge is 0.346 e. The fourth-order valence-electron chi connectivity index (χ4n) is 1.66. The zero-order chi connectivity index (χ0) is 9.97. The quantitative estimate of drug-likeness (QED) is 0.783. The van der Waals surface area contributed by atoms with E-state index in [0.29, 0.717) is 10.8 Å². The number of carboxylic acids is 1. The molecule has 4 heteroatoms. The third-order valence-electron chi connectivity index (χ3n) is 2.35. The van der Waals surface area contributed by atoms with Crippen molar-refractivity contribution in [2.75, 3.05) is 6.54 Å². The Hall–Kier alpha value is -1.29. The van der Waals surface area contributed by atoms with E-state index in [1.165, 1.54) is 11.3 Å². The van der Waals surface area contributed by atoms with Gasteiger partial charge in [-0.3, -0.25) is 0 Å². The van der Waals surface area contributed by atoms with Crippen molar-refractivity contribution >= 4 is 17.3 Å². The second-order valence-electron chi connectivity index (χ2n) is 3.25. The van der Waals surface area contributed by atoms with Gasteiger partial charge in [-0.25, -0.2) is 4.79 Å². The maximum Gasteiger partial charge on any atom is 0.346 e. The Bertz CT molecular complexity index is 370. The van der Waals surface area contributed by atoms with Crippen LogP contribution < -0.4 is 5.32 Å². The standard InChI is InChI=1S/C10H11NO2S/c12-10(13)9-8(3-5-14-9)7-2-1-4-11-6-7/h1,3-5,7,11H,2,6H2,(H,12,13). The van der Waals surface area contributed by atoms with Crippen LogP contribution in [-0.4, -0.2) is 17.6 Å². The van der Waals surface area contributed by atoms with E-state index in [4.69, 9.17) is 5.11 Å². The van der Waals surface area contributed by atoms with E-state index >= 15 is 0 Å². The Labute approximate surface area is 86.1 Å². The summed E-state index contributed by atoms with van der Waals surface area (Å²) < 4.78 is 0. The minimum absolute atomic E-state index is 0.303. The Balaban J connectivity index is 2.26. The molecule has 1 atom stereocenters. The van der Waals surface area contributed by atoms with Gasteiger partial charge in [-0.05, 0) is 29.6 Å². The Kier molecular flexibility index (Phi) is 2.54. The number of aromatic carboxylic acids is 1. The molecule has 2 N–H and O–H groups in total. The monoisotopic (exact) mass is 209 g/mol. The SMILES string of the molecule is O=C(O)c1sccc1C1CC=CNC1. The molecule has 3 nitrogen and oxygen atoms in total. The molecule has 0 saturated heterocycles. The van der Waals surface area contributed by atoms with Crippen LogP contribution in [0.1, 0.15) is 27.6 Å². The first-order chi connectivity index (χ1) is 6.79. The van der Waals surface area contributed by atoms with Crippen LogP contribution in [0, 0.1) is 0 Å². The summed E-state index contributed by atoms with van der Waals surface area (Å²) >= 11 is 1.30. The van der Waals surface area contributed by atoms with E-state index in [1.807, 2.05) is 23.7 Å². The van der Waals surface area contributed by atoms with Gasteiger partial charge in [0.25, 0.3) is 0 Å². The molecule has 1 unspecified atom stereocenters. The molecule has 0 aromatic carbocycles. The third kappa shape index (κ3) is 1.65. The number of thiophene rings is 1. The normalized spacial score (nSPS) is 20.4. The highest BCUT2D eigenvalue weighted by Gasteiger charge is 2.20. The average Bonchev–Trinajstić information content (AvgIpc) is 2.67. The molecule has 2 heterocycles. The highest BCUT2D eigenvalue weighted by Crippen LogP contribution is 2.28. The lowest BCUT2D eigenvalue weighted by molar-refractivity contribution is 0.0700. The van der Waals surface area contributed by atoms with Gasteiger partial charge >= 0.3 is 5.97 Å². The second-order valence-corrected chi connectivity index (χ2v) is 4.17. The van der Waals surface area contributed by atoms with Gasteiger partial charge in [-0.2, -0.15) is 0 Å². The average molecular weight is 209 g/mol. The number of hydrogen-bond acceptors (Lipinski definition) is 3. The summed E-state index contributed by atoms with van der Waals surface area (Å²) in [5, 5.41) is 13.9. The van der Waals surface area contributed by atoms with E-state index in [2.05, 4.69) is 5.32 Å². The summed E-state index contributed by atoms with van der Waals surface area (Å²) in [7, 11) is 0. The van der Waals surface area contributed by atoms with Gasteiger partial charge in [-0.15, -0.1) is 11.3 Å². The van der Waals surface area contributed by atoms with Crippen molar-refractivity contribution in [3.05, 3.63) is 34.2 Å². The largest absolute Gasteiger partial charge is 0.477 e. The van der Waals surface area contributed by atoms with Crippen molar-refractivity contribution in [3.63, 3.8) is 0 Å². The zero-order valence-corrected chi connectivity index (χ0v) is 8.38. The number of nitrogens with one attached hydrogen (secondary N) is 1. The van der Waals surface area contributed by atoms with Crippen molar-refractivity contribution < 1.29 is 9.90 Å². The van der Waals surface area contributed by atoms with Crippen LogP contribution in [0.4, 0.5) is 0 Å². The van der Waals surface area contributed by atoms with Gasteiger partial charge in [0.15, 0.2) is 0 Å². The maximum atomic E-state index is 10.9. The van der Waals surface area contributed by atoms with E-state index < -0.39 is 5.97 Å². The topological polar surface area (TPSA) is 49.3 Å². The highest BCUT2D eigenvalue weighted by atomic mass is 32.1. The van der Waals surface area contributed by atoms with Gasteiger partial charge in [0.2, 0.25) is 0 Å². The Morgan fingerprint density at radius 2 is 2.50 bits per heavy atom. The Morgan fingerprint density at radius 3 is 3.14 bits per heavy atom. The van der Waals surface area contributed by atoms with Crippen LogP contribution in [0.3, 0.4) is 0 Å². The van der Waals surface area contributed by atoms with Gasteiger partial charge in [0, 0.05) is 12.5 Å². The second kappa shape index (κ2) is 3.84. The van der Waals surface area contributed by atoms with E-state index in [9.17, 15) is 4.79 Å². The first-order valence-electron chi connectivity index (χ1n) is 4.48. The van der Waals surface area contributed by atoms with Crippen molar-refractivity contribution in [2.24, 2.45) is 0 Å². The Morgan fingerprint density at radius 1 is 1.64 bits per heavy atom. The molecule has 1 aromatic heterocycles. The lowest BCUT2D eigenvalue weighted by Gasteiger charge is -2.18. The molecule has 14 heavy (non-hydrogen) atoms. The zero-order valence-electron chi connectivity index (χ0n) is 7.56. The molecular weight excluding hydrogens is 198 g/mol. The maximum absolute atomic E-state index is 10.9. The molecule has 0 radical (unpaired) electrons. The number of hydrogen-bond donors (Lipinski definition) is 2. The first kappa shape index (κ1) is 9.27.